The van der Waals surface area contributed by atoms with Gasteiger partial charge in [-0.25, -0.2) is 17.8 Å². The van der Waals surface area contributed by atoms with E-state index in [1.165, 1.54) is 30.0 Å². The summed E-state index contributed by atoms with van der Waals surface area (Å²) < 4.78 is 40.0. The van der Waals surface area contributed by atoms with E-state index in [4.69, 9.17) is 0 Å². The third-order valence-corrected chi connectivity index (χ3v) is 7.89. The highest BCUT2D eigenvalue weighted by Gasteiger charge is 2.29. The van der Waals surface area contributed by atoms with Gasteiger partial charge in [0.05, 0.1) is 16.3 Å². The Labute approximate surface area is 187 Å². The molecule has 6 nitrogen and oxygen atoms in total. The third-order valence-electron chi connectivity index (χ3n) is 6.07. The van der Waals surface area contributed by atoms with Crippen molar-refractivity contribution in [3.05, 3.63) is 89.6 Å². The quantitative estimate of drug-likeness (QED) is 0.642. The molecule has 0 amide bonds. The number of aromatic nitrogens is 1. The molecule has 3 heterocycles. The van der Waals surface area contributed by atoms with Gasteiger partial charge in [0.15, 0.2) is 0 Å². The summed E-state index contributed by atoms with van der Waals surface area (Å²) >= 11 is 0. The molecule has 32 heavy (non-hydrogen) atoms. The Kier molecular flexibility index (Phi) is 5.58. The van der Waals surface area contributed by atoms with Gasteiger partial charge in [0.2, 0.25) is 9.84 Å². The number of benzene rings is 2. The summed E-state index contributed by atoms with van der Waals surface area (Å²) in [7, 11) is -3.82. The molecule has 0 atom stereocenters. The molecule has 0 bridgehead atoms. The summed E-state index contributed by atoms with van der Waals surface area (Å²) in [4.78, 5) is 5.66. The maximum atomic E-state index is 13.7. The maximum absolute atomic E-state index is 13.7. The summed E-state index contributed by atoms with van der Waals surface area (Å²) in [6.45, 7) is 4.99. The number of rotatable bonds is 5. The van der Waals surface area contributed by atoms with E-state index in [1.54, 1.807) is 0 Å². The molecule has 5 rings (SSSR count). The second-order valence-corrected chi connectivity index (χ2v) is 10.1. The van der Waals surface area contributed by atoms with Crippen molar-refractivity contribution in [3.8, 4) is 0 Å². The molecule has 8 heteroatoms. The Bertz CT molecular complexity index is 1230. The van der Waals surface area contributed by atoms with Gasteiger partial charge in [-0.3, -0.25) is 4.90 Å². The van der Waals surface area contributed by atoms with Crippen LogP contribution >= 0.6 is 0 Å². The SMILES string of the molecule is O=S(=O)(c1cccc(F)c1)c1c[nH]c2c1CN(N1CCN(Cc3ccccc3)CC1)C=C2. The van der Waals surface area contributed by atoms with Crippen LogP contribution in [0.1, 0.15) is 16.8 Å². The average Bonchev–Trinajstić information content (AvgIpc) is 3.24. The van der Waals surface area contributed by atoms with Gasteiger partial charge in [-0.05, 0) is 29.8 Å². The molecule has 1 saturated heterocycles. The molecule has 166 valence electrons. The van der Waals surface area contributed by atoms with Crippen molar-refractivity contribution in [1.29, 1.82) is 0 Å². The molecule has 0 aliphatic carbocycles. The number of H-pyrrole nitrogens is 1. The smallest absolute Gasteiger partial charge is 0.208 e. The Morgan fingerprint density at radius 2 is 1.75 bits per heavy atom. The molecule has 1 fully saturated rings. The van der Waals surface area contributed by atoms with Crippen molar-refractivity contribution in [2.75, 3.05) is 26.2 Å². The van der Waals surface area contributed by atoms with Gasteiger partial charge in [0.1, 0.15) is 5.82 Å². The Morgan fingerprint density at radius 1 is 0.969 bits per heavy atom. The number of halogens is 1. The largest absolute Gasteiger partial charge is 0.360 e. The van der Waals surface area contributed by atoms with Crippen LogP contribution in [0.3, 0.4) is 0 Å². The first-order chi connectivity index (χ1) is 15.5. The Morgan fingerprint density at radius 3 is 2.50 bits per heavy atom. The third kappa shape index (κ3) is 4.09. The minimum atomic E-state index is -3.82. The number of piperazine rings is 1. The lowest BCUT2D eigenvalue weighted by Crippen LogP contribution is -2.51. The minimum absolute atomic E-state index is 0.0325. The predicted molar refractivity (Wildman–Crippen MR) is 121 cm³/mol. The van der Waals surface area contributed by atoms with Crippen molar-refractivity contribution in [2.24, 2.45) is 0 Å². The zero-order valence-corrected chi connectivity index (χ0v) is 18.4. The molecule has 2 aliphatic heterocycles. The van der Waals surface area contributed by atoms with Gasteiger partial charge >= 0.3 is 0 Å². The normalized spacial score (nSPS) is 17.5. The molecule has 2 aliphatic rings. The monoisotopic (exact) mass is 452 g/mol. The number of nitrogens with zero attached hydrogens (tertiary/aromatic N) is 3. The van der Waals surface area contributed by atoms with Crippen LogP contribution in [0.15, 0.2) is 76.8 Å². The molecule has 0 spiro atoms. The molecular formula is C24H25FN4O2S. The summed E-state index contributed by atoms with van der Waals surface area (Å²) in [6, 6.07) is 15.6. The summed E-state index contributed by atoms with van der Waals surface area (Å²) in [6.07, 6.45) is 5.40. The van der Waals surface area contributed by atoms with Crippen LogP contribution in [0.4, 0.5) is 4.39 Å². The van der Waals surface area contributed by atoms with E-state index in [-0.39, 0.29) is 9.79 Å². The van der Waals surface area contributed by atoms with Gasteiger partial charge in [0, 0.05) is 56.4 Å². The van der Waals surface area contributed by atoms with E-state index in [2.05, 4.69) is 44.2 Å². The number of hydrazine groups is 1. The highest BCUT2D eigenvalue weighted by molar-refractivity contribution is 7.91. The number of hydrogen-bond acceptors (Lipinski definition) is 5. The number of hydrogen-bond donors (Lipinski definition) is 1. The van der Waals surface area contributed by atoms with Crippen LogP contribution < -0.4 is 0 Å². The molecule has 0 unspecified atom stereocenters. The molecule has 1 aromatic heterocycles. The fourth-order valence-electron chi connectivity index (χ4n) is 4.33. The van der Waals surface area contributed by atoms with E-state index in [1.807, 2.05) is 18.3 Å². The zero-order valence-electron chi connectivity index (χ0n) is 17.6. The number of aromatic amines is 1. The molecule has 2 aromatic carbocycles. The van der Waals surface area contributed by atoms with E-state index >= 15 is 0 Å². The van der Waals surface area contributed by atoms with Crippen molar-refractivity contribution in [1.82, 2.24) is 19.9 Å². The van der Waals surface area contributed by atoms with Crippen molar-refractivity contribution >= 4 is 15.9 Å². The highest BCUT2D eigenvalue weighted by Crippen LogP contribution is 2.31. The van der Waals surface area contributed by atoms with Crippen molar-refractivity contribution < 1.29 is 12.8 Å². The van der Waals surface area contributed by atoms with Crippen LogP contribution in [-0.2, 0) is 22.9 Å². The lowest BCUT2D eigenvalue weighted by molar-refractivity contribution is -0.0294. The van der Waals surface area contributed by atoms with Crippen LogP contribution in [0.25, 0.3) is 6.08 Å². The van der Waals surface area contributed by atoms with Gasteiger partial charge in [0.25, 0.3) is 0 Å². The van der Waals surface area contributed by atoms with E-state index in [9.17, 15) is 12.8 Å². The molecular weight excluding hydrogens is 427 g/mol. The van der Waals surface area contributed by atoms with Crippen LogP contribution in [0.2, 0.25) is 0 Å². The fourth-order valence-corrected chi connectivity index (χ4v) is 5.82. The Hall–Kier alpha value is -2.94. The Balaban J connectivity index is 1.29. The van der Waals surface area contributed by atoms with Crippen LogP contribution in [0.5, 0.6) is 0 Å². The molecule has 0 saturated carbocycles. The zero-order chi connectivity index (χ0) is 22.1. The highest BCUT2D eigenvalue weighted by atomic mass is 32.2. The lowest BCUT2D eigenvalue weighted by atomic mass is 10.2. The molecule has 0 radical (unpaired) electrons. The molecule has 3 aromatic rings. The number of fused-ring (bicyclic) bond motifs is 1. The minimum Gasteiger partial charge on any atom is -0.360 e. The van der Waals surface area contributed by atoms with Gasteiger partial charge in [-0.15, -0.1) is 0 Å². The lowest BCUT2D eigenvalue weighted by Gasteiger charge is -2.41. The summed E-state index contributed by atoms with van der Waals surface area (Å²) in [5.41, 5.74) is 2.80. The average molecular weight is 453 g/mol. The van der Waals surface area contributed by atoms with E-state index in [0.29, 0.717) is 12.1 Å². The van der Waals surface area contributed by atoms with E-state index < -0.39 is 15.7 Å². The number of nitrogens with one attached hydrogen (secondary N) is 1. The van der Waals surface area contributed by atoms with Crippen molar-refractivity contribution in [2.45, 2.75) is 22.9 Å². The first-order valence-corrected chi connectivity index (χ1v) is 12.2. The van der Waals surface area contributed by atoms with E-state index in [0.717, 1.165) is 44.5 Å². The van der Waals surface area contributed by atoms with Crippen molar-refractivity contribution in [3.63, 3.8) is 0 Å². The van der Waals surface area contributed by atoms with Gasteiger partial charge in [-0.1, -0.05) is 36.4 Å². The summed E-state index contributed by atoms with van der Waals surface area (Å²) in [5, 5.41) is 4.34. The first-order valence-electron chi connectivity index (χ1n) is 10.7. The second kappa shape index (κ2) is 8.54. The molecule has 1 N–H and O–H groups in total. The first kappa shape index (κ1) is 20.9. The topological polar surface area (TPSA) is 59.7 Å². The van der Waals surface area contributed by atoms with Crippen LogP contribution in [0, 0.1) is 5.82 Å². The standard InChI is InChI=1S/C24H25FN4O2S/c25-20-7-4-8-21(15-20)32(30,31)24-16-26-23-9-10-29(18-22(23)24)28-13-11-27(12-14-28)17-19-5-2-1-3-6-19/h1-10,15-16,26H,11-14,17-18H2. The number of sulfone groups is 1. The van der Waals surface area contributed by atoms with Crippen LogP contribution in [-0.4, -0.2) is 54.5 Å². The predicted octanol–water partition coefficient (Wildman–Crippen LogP) is 3.51. The fraction of sp³-hybridized carbons (Fsp3) is 0.250. The summed E-state index contributed by atoms with van der Waals surface area (Å²) in [5.74, 6) is -0.564. The van der Waals surface area contributed by atoms with Gasteiger partial charge < -0.3 is 9.99 Å². The van der Waals surface area contributed by atoms with Gasteiger partial charge in [-0.2, -0.15) is 0 Å². The second-order valence-electron chi connectivity index (χ2n) is 8.13. The maximum Gasteiger partial charge on any atom is 0.208 e.